The highest BCUT2D eigenvalue weighted by Gasteiger charge is 2.39. The molecule has 0 aliphatic carbocycles. The molecule has 11 nitrogen and oxygen atoms in total. The predicted octanol–water partition coefficient (Wildman–Crippen LogP) is -2.82. The Morgan fingerprint density at radius 1 is 1.22 bits per heavy atom. The van der Waals surface area contributed by atoms with Gasteiger partial charge in [-0.1, -0.05) is 0 Å². The topological polar surface area (TPSA) is 185 Å². The van der Waals surface area contributed by atoms with Crippen molar-refractivity contribution in [2.45, 2.75) is 50.4 Å². The van der Waals surface area contributed by atoms with Gasteiger partial charge in [-0.25, -0.2) is 4.79 Å². The van der Waals surface area contributed by atoms with E-state index in [0.29, 0.717) is 12.8 Å². The van der Waals surface area contributed by atoms with E-state index in [-0.39, 0.29) is 12.3 Å². The number of primary amides is 1. The van der Waals surface area contributed by atoms with Crippen LogP contribution < -0.4 is 22.1 Å². The molecule has 4 atom stereocenters. The molecule has 0 spiro atoms. The van der Waals surface area contributed by atoms with E-state index >= 15 is 0 Å². The lowest BCUT2D eigenvalue weighted by Gasteiger charge is -2.29. The number of likely N-dealkylation sites (tertiary alicyclic amines) is 1. The molecule has 1 saturated heterocycles. The van der Waals surface area contributed by atoms with Crippen LogP contribution in [0.4, 0.5) is 0 Å². The maximum absolute atomic E-state index is 12.8. The van der Waals surface area contributed by atoms with Gasteiger partial charge in [0.1, 0.15) is 18.1 Å². The van der Waals surface area contributed by atoms with Crippen LogP contribution in [0.3, 0.4) is 0 Å². The van der Waals surface area contributed by atoms with E-state index in [0.717, 1.165) is 0 Å². The summed E-state index contributed by atoms with van der Waals surface area (Å²) in [6.45, 7) is 1.63. The van der Waals surface area contributed by atoms with Crippen LogP contribution in [0.2, 0.25) is 0 Å². The van der Waals surface area contributed by atoms with Crippen molar-refractivity contribution >= 4 is 42.2 Å². The van der Waals surface area contributed by atoms with Gasteiger partial charge in [-0.2, -0.15) is 12.6 Å². The summed E-state index contributed by atoms with van der Waals surface area (Å²) >= 11 is 3.88. The van der Waals surface area contributed by atoms with Crippen molar-refractivity contribution in [2.75, 3.05) is 12.3 Å². The van der Waals surface area contributed by atoms with E-state index < -0.39 is 60.2 Å². The quantitative estimate of drug-likeness (QED) is 0.224. The third kappa shape index (κ3) is 6.40. The van der Waals surface area contributed by atoms with Crippen molar-refractivity contribution in [1.82, 2.24) is 15.5 Å². The number of hydrogen-bond donors (Lipinski definition) is 6. The van der Waals surface area contributed by atoms with Gasteiger partial charge in [-0.15, -0.1) is 0 Å². The minimum absolute atomic E-state index is 0.115. The first kappa shape index (κ1) is 22.7. The van der Waals surface area contributed by atoms with Crippen molar-refractivity contribution in [3.8, 4) is 0 Å². The highest BCUT2D eigenvalue weighted by molar-refractivity contribution is 7.80. The van der Waals surface area contributed by atoms with Crippen LogP contribution in [0.1, 0.15) is 26.2 Å². The van der Waals surface area contributed by atoms with Crippen LogP contribution >= 0.6 is 12.6 Å². The largest absolute Gasteiger partial charge is 0.480 e. The first-order chi connectivity index (χ1) is 12.6. The molecule has 4 unspecified atom stereocenters. The number of nitrogens with zero attached hydrogens (tertiary/aromatic N) is 1. The lowest BCUT2D eigenvalue weighted by molar-refractivity contribution is -0.145. The molecule has 1 aliphatic heterocycles. The van der Waals surface area contributed by atoms with Crippen LogP contribution in [0.25, 0.3) is 0 Å². The van der Waals surface area contributed by atoms with Gasteiger partial charge in [0.25, 0.3) is 0 Å². The Morgan fingerprint density at radius 3 is 2.33 bits per heavy atom. The monoisotopic (exact) mass is 403 g/mol. The van der Waals surface area contributed by atoms with Crippen LogP contribution in [-0.4, -0.2) is 76.1 Å². The number of hydrogen-bond acceptors (Lipinski definition) is 7. The van der Waals surface area contributed by atoms with Gasteiger partial charge >= 0.3 is 5.97 Å². The number of aliphatic carboxylic acids is 1. The maximum Gasteiger partial charge on any atom is 0.327 e. The standard InChI is InChI=1S/C15H25N5O6S/c1-7(16)12(22)18-8(5-11(17)21)14(24)20-4-2-3-10(20)13(23)19-9(6-27)15(25)26/h7-10,27H,2-6,16H2,1H3,(H2,17,21)(H,18,22)(H,19,23)(H,25,26). The van der Waals surface area contributed by atoms with Crippen molar-refractivity contribution in [2.24, 2.45) is 11.5 Å². The Morgan fingerprint density at radius 2 is 1.85 bits per heavy atom. The molecule has 1 heterocycles. The molecule has 0 aromatic heterocycles. The molecule has 1 fully saturated rings. The molecule has 12 heteroatoms. The Bertz CT molecular complexity index is 614. The summed E-state index contributed by atoms with van der Waals surface area (Å²) in [7, 11) is 0. The lowest BCUT2D eigenvalue weighted by Crippen LogP contribution is -2.57. The molecular weight excluding hydrogens is 378 g/mol. The van der Waals surface area contributed by atoms with Gasteiger partial charge in [-0.05, 0) is 19.8 Å². The number of rotatable bonds is 9. The van der Waals surface area contributed by atoms with E-state index in [9.17, 15) is 24.0 Å². The van der Waals surface area contributed by atoms with Gasteiger partial charge in [-0.3, -0.25) is 19.2 Å². The lowest BCUT2D eigenvalue weighted by atomic mass is 10.1. The highest BCUT2D eigenvalue weighted by Crippen LogP contribution is 2.19. The van der Waals surface area contributed by atoms with Gasteiger partial charge in [0.2, 0.25) is 23.6 Å². The fourth-order valence-electron chi connectivity index (χ4n) is 2.66. The molecule has 1 rings (SSSR count). The minimum atomic E-state index is -1.26. The summed E-state index contributed by atoms with van der Waals surface area (Å²) < 4.78 is 0. The summed E-state index contributed by atoms with van der Waals surface area (Å²) in [5.74, 6) is -4.10. The molecule has 152 valence electrons. The fraction of sp³-hybridized carbons (Fsp3) is 0.667. The zero-order valence-electron chi connectivity index (χ0n) is 14.9. The zero-order valence-corrected chi connectivity index (χ0v) is 15.8. The first-order valence-electron chi connectivity index (χ1n) is 8.37. The maximum atomic E-state index is 12.8. The summed E-state index contributed by atoms with van der Waals surface area (Å²) in [5, 5.41) is 13.7. The van der Waals surface area contributed by atoms with E-state index in [1.807, 2.05) is 0 Å². The van der Waals surface area contributed by atoms with Crippen molar-refractivity contribution in [3.63, 3.8) is 0 Å². The summed E-state index contributed by atoms with van der Waals surface area (Å²) in [5.41, 5.74) is 10.6. The summed E-state index contributed by atoms with van der Waals surface area (Å²) in [6.07, 6.45) is 0.379. The van der Waals surface area contributed by atoms with E-state index in [2.05, 4.69) is 23.3 Å². The van der Waals surface area contributed by atoms with E-state index in [1.165, 1.54) is 11.8 Å². The number of amides is 4. The second-order valence-corrected chi connectivity index (χ2v) is 6.66. The number of carbonyl (C=O) groups is 5. The predicted molar refractivity (Wildman–Crippen MR) is 97.5 cm³/mol. The fourth-order valence-corrected chi connectivity index (χ4v) is 2.91. The van der Waals surface area contributed by atoms with E-state index in [1.54, 1.807) is 0 Å². The third-order valence-corrected chi connectivity index (χ3v) is 4.43. The summed E-state index contributed by atoms with van der Waals surface area (Å²) in [4.78, 5) is 60.6. The van der Waals surface area contributed by atoms with Gasteiger partial charge in [0.15, 0.2) is 0 Å². The molecule has 7 N–H and O–H groups in total. The Hall–Kier alpha value is -2.34. The average molecular weight is 403 g/mol. The van der Waals surface area contributed by atoms with Gasteiger partial charge < -0.3 is 32.1 Å². The number of carboxylic acids is 1. The molecule has 0 aromatic carbocycles. The number of carboxylic acid groups (broad SMARTS) is 1. The Labute approximate surface area is 161 Å². The number of nitrogens with two attached hydrogens (primary N) is 2. The van der Waals surface area contributed by atoms with Gasteiger partial charge in [0.05, 0.1) is 12.5 Å². The second-order valence-electron chi connectivity index (χ2n) is 6.29. The smallest absolute Gasteiger partial charge is 0.327 e. The Balaban J connectivity index is 2.92. The molecule has 1 aliphatic rings. The van der Waals surface area contributed by atoms with Crippen LogP contribution in [-0.2, 0) is 24.0 Å². The molecule has 4 amide bonds. The average Bonchev–Trinajstić information content (AvgIpc) is 3.06. The third-order valence-electron chi connectivity index (χ3n) is 4.07. The van der Waals surface area contributed by atoms with Gasteiger partial charge in [0, 0.05) is 12.3 Å². The first-order valence-corrected chi connectivity index (χ1v) is 9.00. The van der Waals surface area contributed by atoms with Crippen LogP contribution in [0.5, 0.6) is 0 Å². The number of thiol groups is 1. The molecular formula is C15H25N5O6S. The summed E-state index contributed by atoms with van der Waals surface area (Å²) in [6, 6.07) is -4.27. The number of carbonyl (C=O) groups excluding carboxylic acids is 4. The second kappa shape index (κ2) is 10.1. The molecule has 0 saturated carbocycles. The zero-order chi connectivity index (χ0) is 20.7. The molecule has 27 heavy (non-hydrogen) atoms. The van der Waals surface area contributed by atoms with Crippen LogP contribution in [0.15, 0.2) is 0 Å². The molecule has 0 aromatic rings. The highest BCUT2D eigenvalue weighted by atomic mass is 32.1. The minimum Gasteiger partial charge on any atom is -0.480 e. The number of nitrogens with one attached hydrogen (secondary N) is 2. The molecule has 0 radical (unpaired) electrons. The van der Waals surface area contributed by atoms with Crippen molar-refractivity contribution < 1.29 is 29.1 Å². The normalized spacial score (nSPS) is 19.7. The van der Waals surface area contributed by atoms with Crippen LogP contribution in [0, 0.1) is 0 Å². The van der Waals surface area contributed by atoms with E-state index in [4.69, 9.17) is 16.6 Å². The SMILES string of the molecule is CC(N)C(=O)NC(CC(N)=O)C(=O)N1CCCC1C(=O)NC(CS)C(=O)O. The molecule has 0 bridgehead atoms. The Kier molecular flexibility index (Phi) is 8.50. The van der Waals surface area contributed by atoms with Crippen molar-refractivity contribution in [3.05, 3.63) is 0 Å². The van der Waals surface area contributed by atoms with Crippen molar-refractivity contribution in [1.29, 1.82) is 0 Å².